The third kappa shape index (κ3) is 4.30. The predicted octanol–water partition coefficient (Wildman–Crippen LogP) is 3.90. The average molecular weight is 403 g/mol. The van der Waals surface area contributed by atoms with Gasteiger partial charge in [-0.05, 0) is 49.8 Å². The Morgan fingerprint density at radius 1 is 1.32 bits per heavy atom. The van der Waals surface area contributed by atoms with E-state index in [1.54, 1.807) is 34.4 Å². The topological polar surface area (TPSA) is 71.9 Å². The van der Waals surface area contributed by atoms with Gasteiger partial charge in [-0.15, -0.1) is 17.9 Å². The molecular weight excluding hydrogens is 376 g/mol. The van der Waals surface area contributed by atoms with Crippen molar-refractivity contribution >= 4 is 22.4 Å². The Bertz CT molecular complexity index is 839. The highest BCUT2D eigenvalue weighted by Crippen LogP contribution is 2.38. The van der Waals surface area contributed by atoms with Crippen LogP contribution in [0.15, 0.2) is 24.8 Å². The van der Waals surface area contributed by atoms with Crippen LogP contribution >= 0.6 is 11.3 Å². The normalized spacial score (nSPS) is 12.9. The molecule has 6 nitrogen and oxygen atoms in total. The first kappa shape index (κ1) is 20.2. The van der Waals surface area contributed by atoms with Crippen LogP contribution in [-0.2, 0) is 24.1 Å². The molecule has 0 spiro atoms. The van der Waals surface area contributed by atoms with Crippen molar-refractivity contribution in [2.75, 3.05) is 25.7 Å². The second-order valence-corrected chi connectivity index (χ2v) is 7.78. The van der Waals surface area contributed by atoms with Crippen molar-refractivity contribution in [3.63, 3.8) is 0 Å². The molecule has 0 fully saturated rings. The zero-order valence-corrected chi connectivity index (χ0v) is 17.2. The number of methoxy groups -OCH3 is 2. The summed E-state index contributed by atoms with van der Waals surface area (Å²) in [6, 6.07) is 3.39. The molecule has 1 aromatic carbocycles. The number of nitrogens with zero attached hydrogens (tertiary/aromatic N) is 2. The van der Waals surface area contributed by atoms with Gasteiger partial charge < -0.3 is 14.6 Å². The van der Waals surface area contributed by atoms with Crippen molar-refractivity contribution in [3.8, 4) is 17.2 Å². The summed E-state index contributed by atoms with van der Waals surface area (Å²) in [5.41, 5.74) is 1.94. The van der Waals surface area contributed by atoms with Gasteiger partial charge >= 0.3 is 0 Å². The van der Waals surface area contributed by atoms with Crippen molar-refractivity contribution in [2.45, 2.75) is 38.5 Å². The summed E-state index contributed by atoms with van der Waals surface area (Å²) in [6.07, 6.45) is 6.89. The number of aromatic hydroxyl groups is 1. The van der Waals surface area contributed by atoms with E-state index in [1.807, 2.05) is 0 Å². The molecule has 0 aliphatic heterocycles. The zero-order chi connectivity index (χ0) is 20.1. The fraction of sp³-hybridized carbons (Fsp3) is 0.429. The SMILES string of the molecule is C=CCN(C(=O)CCc1cc(O)c(OC)c(OC)c1)c1nc2c(s1)CCCC2. The number of rotatable bonds is 8. The highest BCUT2D eigenvalue weighted by molar-refractivity contribution is 7.16. The van der Waals surface area contributed by atoms with Crippen molar-refractivity contribution < 1.29 is 19.4 Å². The minimum absolute atomic E-state index is 0.000143. The molecule has 0 saturated heterocycles. The number of hydrogen-bond acceptors (Lipinski definition) is 6. The number of fused-ring (bicyclic) bond motifs is 1. The Kier molecular flexibility index (Phi) is 6.57. The lowest BCUT2D eigenvalue weighted by atomic mass is 10.0. The fourth-order valence-corrected chi connectivity index (χ4v) is 4.57. The monoisotopic (exact) mass is 402 g/mol. The van der Waals surface area contributed by atoms with E-state index in [0.717, 1.165) is 35.7 Å². The van der Waals surface area contributed by atoms with Crippen molar-refractivity contribution in [1.82, 2.24) is 4.98 Å². The van der Waals surface area contributed by atoms with Gasteiger partial charge in [0, 0.05) is 17.8 Å². The second-order valence-electron chi connectivity index (χ2n) is 6.72. The molecule has 0 bridgehead atoms. The van der Waals surface area contributed by atoms with E-state index in [2.05, 4.69) is 6.58 Å². The van der Waals surface area contributed by atoms with Crippen molar-refractivity contribution in [3.05, 3.63) is 40.9 Å². The highest BCUT2D eigenvalue weighted by atomic mass is 32.1. The molecule has 0 atom stereocenters. The molecule has 1 N–H and O–H groups in total. The Morgan fingerprint density at radius 2 is 2.11 bits per heavy atom. The molecule has 2 aromatic rings. The summed E-state index contributed by atoms with van der Waals surface area (Å²) in [7, 11) is 2.99. The molecule has 1 heterocycles. The number of aryl methyl sites for hydroxylation is 3. The van der Waals surface area contributed by atoms with Crippen LogP contribution in [0.3, 0.4) is 0 Å². The molecule has 28 heavy (non-hydrogen) atoms. The van der Waals surface area contributed by atoms with Gasteiger partial charge in [0.1, 0.15) is 0 Å². The largest absolute Gasteiger partial charge is 0.504 e. The van der Waals surface area contributed by atoms with Crippen LogP contribution in [0.2, 0.25) is 0 Å². The Hall–Kier alpha value is -2.54. The molecule has 3 rings (SSSR count). The van der Waals surface area contributed by atoms with E-state index in [1.165, 1.54) is 25.5 Å². The summed E-state index contributed by atoms with van der Waals surface area (Å²) in [4.78, 5) is 20.6. The third-order valence-corrected chi connectivity index (χ3v) is 6.01. The average Bonchev–Trinajstić information content (AvgIpc) is 3.13. The number of carbonyl (C=O) groups excluding carboxylic acids is 1. The van der Waals surface area contributed by atoms with Gasteiger partial charge in [-0.25, -0.2) is 4.98 Å². The second kappa shape index (κ2) is 9.10. The highest BCUT2D eigenvalue weighted by Gasteiger charge is 2.22. The number of anilines is 1. The first-order valence-corrected chi connectivity index (χ1v) is 10.2. The van der Waals surface area contributed by atoms with Crippen molar-refractivity contribution in [2.24, 2.45) is 0 Å². The quantitative estimate of drug-likeness (QED) is 0.678. The van der Waals surface area contributed by atoms with Crippen LogP contribution in [0.25, 0.3) is 0 Å². The van der Waals surface area contributed by atoms with Crippen LogP contribution in [-0.4, -0.2) is 36.8 Å². The van der Waals surface area contributed by atoms with Gasteiger partial charge in [0.25, 0.3) is 0 Å². The number of ether oxygens (including phenoxy) is 2. The lowest BCUT2D eigenvalue weighted by Crippen LogP contribution is -2.31. The fourth-order valence-electron chi connectivity index (χ4n) is 3.40. The zero-order valence-electron chi connectivity index (χ0n) is 16.4. The van der Waals surface area contributed by atoms with Crippen molar-refractivity contribution in [1.29, 1.82) is 0 Å². The molecule has 1 aliphatic rings. The smallest absolute Gasteiger partial charge is 0.229 e. The van der Waals surface area contributed by atoms with Crippen LogP contribution in [0.1, 0.15) is 35.4 Å². The Balaban J connectivity index is 1.73. The maximum atomic E-state index is 12.9. The number of thiazole rings is 1. The van der Waals surface area contributed by atoms with Gasteiger partial charge in [0.05, 0.1) is 19.9 Å². The molecule has 0 unspecified atom stereocenters. The van der Waals surface area contributed by atoms with E-state index in [-0.39, 0.29) is 11.7 Å². The van der Waals surface area contributed by atoms with Gasteiger partial charge in [-0.3, -0.25) is 9.69 Å². The maximum absolute atomic E-state index is 12.9. The predicted molar refractivity (Wildman–Crippen MR) is 111 cm³/mol. The molecule has 0 saturated carbocycles. The van der Waals surface area contributed by atoms with Gasteiger partial charge in [-0.2, -0.15) is 0 Å². The van der Waals surface area contributed by atoms with Crippen LogP contribution in [0.5, 0.6) is 17.2 Å². The van der Waals surface area contributed by atoms with E-state index in [9.17, 15) is 9.90 Å². The van der Waals surface area contributed by atoms with Gasteiger partial charge in [-0.1, -0.05) is 6.08 Å². The molecule has 1 aliphatic carbocycles. The number of benzene rings is 1. The number of phenols is 1. The van der Waals surface area contributed by atoms with Gasteiger partial charge in [0.15, 0.2) is 16.6 Å². The van der Waals surface area contributed by atoms with E-state index in [0.29, 0.717) is 30.9 Å². The first-order chi connectivity index (χ1) is 13.6. The molecule has 7 heteroatoms. The summed E-state index contributed by atoms with van der Waals surface area (Å²) < 4.78 is 10.4. The third-order valence-electron chi connectivity index (χ3n) is 4.82. The number of carbonyl (C=O) groups is 1. The summed E-state index contributed by atoms with van der Waals surface area (Å²) >= 11 is 1.62. The lowest BCUT2D eigenvalue weighted by molar-refractivity contribution is -0.118. The number of amides is 1. The number of phenolic OH excluding ortho intramolecular Hbond substituents is 1. The Labute approximate surface area is 169 Å². The number of aromatic nitrogens is 1. The standard InChI is InChI=1S/C21H26N2O4S/c1-4-11-23(21-22-15-7-5-6-8-18(15)28-21)19(25)10-9-14-12-16(24)20(27-3)17(13-14)26-2/h4,12-13,24H,1,5-11H2,2-3H3. The summed E-state index contributed by atoms with van der Waals surface area (Å²) in [5.74, 6) is 0.722. The van der Waals surface area contributed by atoms with Gasteiger partial charge in [0.2, 0.25) is 11.7 Å². The summed E-state index contributed by atoms with van der Waals surface area (Å²) in [6.45, 7) is 4.21. The molecule has 150 valence electrons. The van der Waals surface area contributed by atoms with Crippen LogP contribution < -0.4 is 14.4 Å². The van der Waals surface area contributed by atoms with Crippen LogP contribution in [0, 0.1) is 0 Å². The molecule has 1 aromatic heterocycles. The summed E-state index contributed by atoms with van der Waals surface area (Å²) in [5, 5.41) is 10.9. The Morgan fingerprint density at radius 3 is 2.79 bits per heavy atom. The van der Waals surface area contributed by atoms with E-state index >= 15 is 0 Å². The molecule has 1 amide bonds. The molecule has 0 radical (unpaired) electrons. The minimum Gasteiger partial charge on any atom is -0.504 e. The molecular formula is C21H26N2O4S. The van der Waals surface area contributed by atoms with E-state index < -0.39 is 0 Å². The van der Waals surface area contributed by atoms with E-state index in [4.69, 9.17) is 14.5 Å². The maximum Gasteiger partial charge on any atom is 0.229 e. The first-order valence-electron chi connectivity index (χ1n) is 9.41. The lowest BCUT2D eigenvalue weighted by Gasteiger charge is -2.18. The number of hydrogen-bond donors (Lipinski definition) is 1. The van der Waals surface area contributed by atoms with Crippen LogP contribution in [0.4, 0.5) is 5.13 Å². The minimum atomic E-state index is -0.0136.